The third kappa shape index (κ3) is 5.50. The summed E-state index contributed by atoms with van der Waals surface area (Å²) in [5.41, 5.74) is 4.66. The summed E-state index contributed by atoms with van der Waals surface area (Å²) in [6, 6.07) is 20.2. The molecule has 160 valence electrons. The van der Waals surface area contributed by atoms with E-state index < -0.39 is 5.97 Å². The lowest BCUT2D eigenvalue weighted by molar-refractivity contribution is -0.139. The van der Waals surface area contributed by atoms with Crippen molar-refractivity contribution >= 4 is 5.97 Å². The molecular formula is C26H27NO4. The highest BCUT2D eigenvalue weighted by atomic mass is 16.5. The average molecular weight is 418 g/mol. The topological polar surface area (TPSA) is 68.7 Å². The molecule has 2 atom stereocenters. The van der Waals surface area contributed by atoms with Gasteiger partial charge in [0.2, 0.25) is 0 Å². The maximum atomic E-state index is 10.8. The number of benzene rings is 2. The Kier molecular flexibility index (Phi) is 6.95. The zero-order valence-corrected chi connectivity index (χ0v) is 17.4. The first-order valence-electron chi connectivity index (χ1n) is 10.7. The summed E-state index contributed by atoms with van der Waals surface area (Å²) in [7, 11) is 0. The van der Waals surface area contributed by atoms with Gasteiger partial charge in [-0.1, -0.05) is 42.5 Å². The predicted octanol–water partition coefficient (Wildman–Crippen LogP) is 4.85. The molecule has 2 unspecified atom stereocenters. The number of aliphatic carboxylic acids is 1. The fourth-order valence-electron chi connectivity index (χ4n) is 4.27. The van der Waals surface area contributed by atoms with E-state index in [1.165, 1.54) is 5.56 Å². The van der Waals surface area contributed by atoms with Crippen LogP contribution in [0.3, 0.4) is 0 Å². The van der Waals surface area contributed by atoms with Gasteiger partial charge in [0.1, 0.15) is 11.9 Å². The summed E-state index contributed by atoms with van der Waals surface area (Å²) < 4.78 is 11.9. The van der Waals surface area contributed by atoms with Gasteiger partial charge in [-0.15, -0.1) is 0 Å². The summed E-state index contributed by atoms with van der Waals surface area (Å²) >= 11 is 0. The Morgan fingerprint density at radius 3 is 2.58 bits per heavy atom. The quantitative estimate of drug-likeness (QED) is 0.539. The van der Waals surface area contributed by atoms with Crippen LogP contribution in [0.1, 0.15) is 41.2 Å². The lowest BCUT2D eigenvalue weighted by Crippen LogP contribution is -2.19. The van der Waals surface area contributed by atoms with Gasteiger partial charge in [-0.25, -0.2) is 4.79 Å². The van der Waals surface area contributed by atoms with Gasteiger partial charge in [0.05, 0.1) is 0 Å². The second-order valence-electron chi connectivity index (χ2n) is 7.92. The molecule has 0 aliphatic heterocycles. The first-order valence-corrected chi connectivity index (χ1v) is 10.7. The molecule has 3 aromatic rings. The van der Waals surface area contributed by atoms with Crippen molar-refractivity contribution in [3.05, 3.63) is 95.3 Å². The van der Waals surface area contributed by atoms with Gasteiger partial charge in [0.25, 0.3) is 0 Å². The van der Waals surface area contributed by atoms with Gasteiger partial charge in [-0.05, 0) is 72.1 Å². The van der Waals surface area contributed by atoms with Crippen molar-refractivity contribution in [2.24, 2.45) is 5.92 Å². The molecule has 0 saturated carbocycles. The van der Waals surface area contributed by atoms with Gasteiger partial charge >= 0.3 is 5.97 Å². The second-order valence-corrected chi connectivity index (χ2v) is 7.92. The largest absolute Gasteiger partial charge is 0.482 e. The molecule has 0 fully saturated rings. The van der Waals surface area contributed by atoms with Crippen molar-refractivity contribution in [1.82, 2.24) is 4.98 Å². The van der Waals surface area contributed by atoms with Gasteiger partial charge in [0, 0.05) is 19.0 Å². The smallest absolute Gasteiger partial charge is 0.341 e. The third-order valence-electron chi connectivity index (χ3n) is 5.81. The van der Waals surface area contributed by atoms with Crippen molar-refractivity contribution in [1.29, 1.82) is 0 Å². The van der Waals surface area contributed by atoms with Crippen LogP contribution in [0, 0.1) is 5.92 Å². The lowest BCUT2D eigenvalue weighted by atomic mass is 9.82. The molecule has 0 bridgehead atoms. The number of rotatable bonds is 9. The molecule has 1 N–H and O–H groups in total. The second kappa shape index (κ2) is 10.2. The molecule has 0 amide bonds. The molecule has 1 aromatic heterocycles. The Hall–Kier alpha value is -3.18. The summed E-state index contributed by atoms with van der Waals surface area (Å²) in [5.74, 6) is 0.290. The number of carboxylic acids is 1. The fourth-order valence-corrected chi connectivity index (χ4v) is 4.27. The number of aromatic nitrogens is 1. The van der Waals surface area contributed by atoms with E-state index >= 15 is 0 Å². The maximum absolute atomic E-state index is 10.8. The first kappa shape index (κ1) is 21.1. The highest BCUT2D eigenvalue weighted by molar-refractivity contribution is 5.68. The predicted molar refractivity (Wildman–Crippen MR) is 118 cm³/mol. The summed E-state index contributed by atoms with van der Waals surface area (Å²) in [6.07, 6.45) is 7.41. The van der Waals surface area contributed by atoms with Crippen LogP contribution in [0.5, 0.6) is 5.75 Å². The Labute approximate surface area is 182 Å². The van der Waals surface area contributed by atoms with Crippen LogP contribution in [-0.4, -0.2) is 29.3 Å². The van der Waals surface area contributed by atoms with Crippen LogP contribution >= 0.6 is 0 Å². The Balaban J connectivity index is 1.37. The zero-order valence-electron chi connectivity index (χ0n) is 17.4. The third-order valence-corrected chi connectivity index (χ3v) is 5.81. The van der Waals surface area contributed by atoms with Crippen LogP contribution in [0.4, 0.5) is 0 Å². The molecule has 0 saturated heterocycles. The molecule has 1 aliphatic carbocycles. The minimum absolute atomic E-state index is 0.101. The van der Waals surface area contributed by atoms with E-state index in [-0.39, 0.29) is 12.7 Å². The molecule has 5 nitrogen and oxygen atoms in total. The Bertz CT molecular complexity index is 951. The molecule has 31 heavy (non-hydrogen) atoms. The molecule has 1 aliphatic rings. The van der Waals surface area contributed by atoms with E-state index in [1.807, 2.05) is 42.5 Å². The van der Waals surface area contributed by atoms with E-state index in [2.05, 4.69) is 23.2 Å². The Morgan fingerprint density at radius 2 is 1.81 bits per heavy atom. The number of carboxylic acid groups (broad SMARTS) is 1. The number of hydrogen-bond acceptors (Lipinski definition) is 4. The van der Waals surface area contributed by atoms with E-state index in [1.54, 1.807) is 12.4 Å². The van der Waals surface area contributed by atoms with Gasteiger partial charge in [0.15, 0.2) is 6.61 Å². The van der Waals surface area contributed by atoms with E-state index in [9.17, 15) is 4.79 Å². The molecule has 1 heterocycles. The number of nitrogens with zero attached hydrogens (tertiary/aromatic N) is 1. The minimum Gasteiger partial charge on any atom is -0.482 e. The van der Waals surface area contributed by atoms with Gasteiger partial charge in [-0.3, -0.25) is 4.98 Å². The molecule has 5 heteroatoms. The van der Waals surface area contributed by atoms with Crippen molar-refractivity contribution in [2.45, 2.75) is 31.8 Å². The normalized spacial score (nSPS) is 16.3. The molecule has 4 rings (SSSR count). The molecule has 0 radical (unpaired) electrons. The lowest BCUT2D eigenvalue weighted by Gasteiger charge is -2.27. The van der Waals surface area contributed by atoms with Crippen molar-refractivity contribution in [3.63, 3.8) is 0 Å². The number of fused-ring (bicyclic) bond motifs is 1. The monoisotopic (exact) mass is 417 g/mol. The van der Waals surface area contributed by atoms with E-state index in [0.29, 0.717) is 18.3 Å². The number of hydrogen-bond donors (Lipinski definition) is 1. The standard InChI is InChI=1S/C26H27NO4/c28-25(29)18-31-24-8-4-7-22-17-19(9-10-23(22)24)13-16-30-26(20-5-2-1-3-6-20)21-11-14-27-15-12-21/h1-8,11-12,14-15,19,26H,9-10,13,16-18H2,(H,28,29). The average Bonchev–Trinajstić information content (AvgIpc) is 2.81. The van der Waals surface area contributed by atoms with Crippen molar-refractivity contribution in [3.8, 4) is 5.75 Å². The number of pyridine rings is 1. The van der Waals surface area contributed by atoms with Crippen LogP contribution in [0.15, 0.2) is 73.1 Å². The highest BCUT2D eigenvalue weighted by Crippen LogP contribution is 2.34. The van der Waals surface area contributed by atoms with Gasteiger partial charge < -0.3 is 14.6 Å². The number of ether oxygens (including phenoxy) is 2. The minimum atomic E-state index is -0.953. The Morgan fingerprint density at radius 1 is 1.03 bits per heavy atom. The van der Waals surface area contributed by atoms with Gasteiger partial charge in [-0.2, -0.15) is 0 Å². The first-order chi connectivity index (χ1) is 15.2. The number of carbonyl (C=O) groups is 1. The summed E-state index contributed by atoms with van der Waals surface area (Å²) in [4.78, 5) is 15.0. The van der Waals surface area contributed by atoms with Crippen molar-refractivity contribution < 1.29 is 19.4 Å². The van der Waals surface area contributed by atoms with Crippen LogP contribution in [0.25, 0.3) is 0 Å². The van der Waals surface area contributed by atoms with Crippen molar-refractivity contribution in [2.75, 3.05) is 13.2 Å². The fraction of sp³-hybridized carbons (Fsp3) is 0.308. The zero-order chi connectivity index (χ0) is 21.5. The van der Waals surface area contributed by atoms with Crippen LogP contribution in [0.2, 0.25) is 0 Å². The molecule has 0 spiro atoms. The highest BCUT2D eigenvalue weighted by Gasteiger charge is 2.22. The molecule has 2 aromatic carbocycles. The summed E-state index contributed by atoms with van der Waals surface area (Å²) in [6.45, 7) is 0.376. The summed E-state index contributed by atoms with van der Waals surface area (Å²) in [5, 5.41) is 8.89. The van der Waals surface area contributed by atoms with Crippen LogP contribution in [-0.2, 0) is 22.4 Å². The SMILES string of the molecule is O=C(O)COc1cccc2c1CCC(CCOC(c1ccccc1)c1ccncc1)C2. The van der Waals surface area contributed by atoms with Crippen LogP contribution < -0.4 is 4.74 Å². The van der Waals surface area contributed by atoms with E-state index in [4.69, 9.17) is 14.6 Å². The molecular weight excluding hydrogens is 390 g/mol. The van der Waals surface area contributed by atoms with E-state index in [0.717, 1.165) is 42.4 Å². The maximum Gasteiger partial charge on any atom is 0.341 e.